The van der Waals surface area contributed by atoms with Gasteiger partial charge in [-0.25, -0.2) is 13.2 Å². The van der Waals surface area contributed by atoms with Gasteiger partial charge in [-0.15, -0.1) is 0 Å². The van der Waals surface area contributed by atoms with Crippen molar-refractivity contribution in [2.45, 2.75) is 13.0 Å². The summed E-state index contributed by atoms with van der Waals surface area (Å²) in [5.41, 5.74) is 0.416. The summed E-state index contributed by atoms with van der Waals surface area (Å²) >= 11 is 1.81. The molecule has 2 rings (SSSR count). The molecule has 0 unspecified atom stereocenters. The van der Waals surface area contributed by atoms with E-state index < -0.39 is 24.7 Å². The number of alkyl halides is 2. The van der Waals surface area contributed by atoms with Crippen molar-refractivity contribution >= 4 is 34.2 Å². The van der Waals surface area contributed by atoms with Gasteiger partial charge in [0.25, 0.3) is 12.3 Å². The zero-order valence-corrected chi connectivity index (χ0v) is 12.1. The molecule has 0 bridgehead atoms. The molecule has 2 aromatic rings. The van der Waals surface area contributed by atoms with Crippen LogP contribution in [0.15, 0.2) is 30.6 Å². The number of amides is 1. The Morgan fingerprint density at radius 1 is 1.45 bits per heavy atom. The number of aromatic nitrogens is 2. The predicted octanol–water partition coefficient (Wildman–Crippen LogP) is 3.14. The number of rotatable bonds is 4. The number of halogens is 4. The number of carbonyl (C=O) groups excluding carboxylic acids is 1. The van der Waals surface area contributed by atoms with E-state index in [4.69, 9.17) is 0 Å². The highest BCUT2D eigenvalue weighted by molar-refractivity contribution is 14.1. The number of nitrogens with one attached hydrogen (secondary N) is 1. The highest BCUT2D eigenvalue weighted by atomic mass is 127. The highest BCUT2D eigenvalue weighted by Gasteiger charge is 2.11. The molecular weight excluding hydrogens is 386 g/mol. The lowest BCUT2D eigenvalue weighted by molar-refractivity contribution is 0.102. The Bertz CT molecular complexity index is 630. The normalized spacial score (nSPS) is 10.8. The molecule has 0 spiro atoms. The van der Waals surface area contributed by atoms with Crippen molar-refractivity contribution in [3.8, 4) is 0 Å². The zero-order chi connectivity index (χ0) is 14.7. The van der Waals surface area contributed by atoms with Crippen LogP contribution >= 0.6 is 22.6 Å². The molecule has 1 N–H and O–H groups in total. The zero-order valence-electron chi connectivity index (χ0n) is 9.99. The maximum atomic E-state index is 13.3. The van der Waals surface area contributed by atoms with Crippen LogP contribution in [-0.2, 0) is 6.54 Å². The molecule has 0 atom stereocenters. The maximum Gasteiger partial charge on any atom is 0.257 e. The van der Waals surface area contributed by atoms with Gasteiger partial charge in [0, 0.05) is 15.3 Å². The second-order valence-electron chi connectivity index (χ2n) is 3.93. The van der Waals surface area contributed by atoms with Gasteiger partial charge in [-0.2, -0.15) is 5.10 Å². The summed E-state index contributed by atoms with van der Waals surface area (Å²) in [6.07, 6.45) is 0.0138. The van der Waals surface area contributed by atoms with Crippen LogP contribution in [0.3, 0.4) is 0 Å². The second-order valence-corrected chi connectivity index (χ2v) is 5.09. The van der Waals surface area contributed by atoms with E-state index in [2.05, 4.69) is 10.4 Å². The molecule has 4 nitrogen and oxygen atoms in total. The minimum Gasteiger partial charge on any atom is -0.319 e. The monoisotopic (exact) mass is 395 g/mol. The number of benzene rings is 1. The van der Waals surface area contributed by atoms with Crippen molar-refractivity contribution in [2.24, 2.45) is 0 Å². The summed E-state index contributed by atoms with van der Waals surface area (Å²) in [4.78, 5) is 11.8. The molecule has 1 amide bonds. The van der Waals surface area contributed by atoms with E-state index in [1.165, 1.54) is 24.5 Å². The summed E-state index contributed by atoms with van der Waals surface area (Å²) in [6.45, 7) is -0.548. The van der Waals surface area contributed by atoms with Gasteiger partial charge >= 0.3 is 0 Å². The van der Waals surface area contributed by atoms with E-state index in [0.29, 0.717) is 3.57 Å². The standard InChI is InChI=1S/C12H9F3IN3O/c13-9-3-7(1-2-10(9)16)12(20)18-8-4-17-19(5-8)6-11(14)15/h1-5,11H,6H2,(H,18,20). The molecule has 106 valence electrons. The molecule has 1 aromatic heterocycles. The fourth-order valence-corrected chi connectivity index (χ4v) is 1.85. The van der Waals surface area contributed by atoms with Crippen molar-refractivity contribution < 1.29 is 18.0 Å². The first kappa shape index (κ1) is 14.8. The molecular formula is C12H9F3IN3O. The largest absolute Gasteiger partial charge is 0.319 e. The number of anilines is 1. The summed E-state index contributed by atoms with van der Waals surface area (Å²) in [5, 5.41) is 6.14. The van der Waals surface area contributed by atoms with Crippen LogP contribution in [0.4, 0.5) is 18.9 Å². The molecule has 1 aromatic carbocycles. The number of hydrogen-bond acceptors (Lipinski definition) is 2. The fourth-order valence-electron chi connectivity index (χ4n) is 1.51. The van der Waals surface area contributed by atoms with Crippen LogP contribution in [0.2, 0.25) is 0 Å². The van der Waals surface area contributed by atoms with Gasteiger partial charge in [0.05, 0.1) is 11.9 Å². The molecule has 0 saturated heterocycles. The van der Waals surface area contributed by atoms with Gasteiger partial charge in [-0.1, -0.05) is 0 Å². The number of hydrogen-bond donors (Lipinski definition) is 1. The lowest BCUT2D eigenvalue weighted by atomic mass is 10.2. The number of carbonyl (C=O) groups is 1. The second kappa shape index (κ2) is 6.25. The summed E-state index contributed by atoms with van der Waals surface area (Å²) in [7, 11) is 0. The SMILES string of the molecule is O=C(Nc1cnn(CC(F)F)c1)c1ccc(I)c(F)c1. The van der Waals surface area contributed by atoms with E-state index in [-0.39, 0.29) is 11.3 Å². The van der Waals surface area contributed by atoms with E-state index in [0.717, 1.165) is 10.7 Å². The van der Waals surface area contributed by atoms with Gasteiger partial charge in [0.1, 0.15) is 12.4 Å². The highest BCUT2D eigenvalue weighted by Crippen LogP contribution is 2.14. The minimum atomic E-state index is -2.52. The Morgan fingerprint density at radius 2 is 2.20 bits per heavy atom. The first-order valence-electron chi connectivity index (χ1n) is 5.52. The number of nitrogens with zero attached hydrogens (tertiary/aromatic N) is 2. The lowest BCUT2D eigenvalue weighted by Gasteiger charge is -2.03. The van der Waals surface area contributed by atoms with E-state index in [1.807, 2.05) is 22.6 Å². The van der Waals surface area contributed by atoms with Crippen LogP contribution in [0.1, 0.15) is 10.4 Å². The molecule has 8 heteroatoms. The summed E-state index contributed by atoms with van der Waals surface area (Å²) in [6, 6.07) is 4.06. The van der Waals surface area contributed by atoms with Gasteiger partial charge in [-0.05, 0) is 40.8 Å². The van der Waals surface area contributed by atoms with Crippen molar-refractivity contribution in [3.63, 3.8) is 0 Å². The third kappa shape index (κ3) is 3.71. The Hall–Kier alpha value is -1.58. The Labute approximate surface area is 126 Å². The Morgan fingerprint density at radius 3 is 2.85 bits per heavy atom. The molecule has 20 heavy (non-hydrogen) atoms. The van der Waals surface area contributed by atoms with Crippen LogP contribution < -0.4 is 5.32 Å². The van der Waals surface area contributed by atoms with Crippen molar-refractivity contribution in [2.75, 3.05) is 5.32 Å². The minimum absolute atomic E-state index is 0.143. The van der Waals surface area contributed by atoms with Crippen LogP contribution in [0, 0.1) is 9.39 Å². The predicted molar refractivity (Wildman–Crippen MR) is 75.3 cm³/mol. The fraction of sp³-hybridized carbons (Fsp3) is 0.167. The molecule has 0 aliphatic carbocycles. The lowest BCUT2D eigenvalue weighted by Crippen LogP contribution is -2.12. The van der Waals surface area contributed by atoms with Crippen LogP contribution in [0.25, 0.3) is 0 Å². The van der Waals surface area contributed by atoms with Crippen molar-refractivity contribution in [1.29, 1.82) is 0 Å². The van der Waals surface area contributed by atoms with Crippen molar-refractivity contribution in [3.05, 3.63) is 45.5 Å². The van der Waals surface area contributed by atoms with Gasteiger partial charge in [0.2, 0.25) is 0 Å². The van der Waals surface area contributed by atoms with E-state index in [1.54, 1.807) is 0 Å². The maximum absolute atomic E-state index is 13.3. The third-order valence-corrected chi connectivity index (χ3v) is 3.27. The molecule has 0 aliphatic heterocycles. The van der Waals surface area contributed by atoms with Gasteiger partial charge in [0.15, 0.2) is 0 Å². The topological polar surface area (TPSA) is 46.9 Å². The molecule has 1 heterocycles. The van der Waals surface area contributed by atoms with Gasteiger partial charge < -0.3 is 5.32 Å². The van der Waals surface area contributed by atoms with E-state index in [9.17, 15) is 18.0 Å². The average Bonchev–Trinajstić information content (AvgIpc) is 2.79. The van der Waals surface area contributed by atoms with Crippen molar-refractivity contribution in [1.82, 2.24) is 9.78 Å². The Kier molecular flexibility index (Phi) is 4.63. The summed E-state index contributed by atoms with van der Waals surface area (Å²) < 4.78 is 39.1. The molecule has 0 fully saturated rings. The third-order valence-electron chi connectivity index (χ3n) is 2.40. The van der Waals surface area contributed by atoms with Gasteiger partial charge in [-0.3, -0.25) is 9.48 Å². The molecule has 0 radical (unpaired) electrons. The molecule has 0 saturated carbocycles. The average molecular weight is 395 g/mol. The first-order chi connectivity index (χ1) is 9.45. The van der Waals surface area contributed by atoms with E-state index >= 15 is 0 Å². The van der Waals surface area contributed by atoms with Crippen LogP contribution in [-0.4, -0.2) is 22.1 Å². The summed E-state index contributed by atoms with van der Waals surface area (Å²) in [5.74, 6) is -1.02. The first-order valence-corrected chi connectivity index (χ1v) is 6.60. The quantitative estimate of drug-likeness (QED) is 0.809. The smallest absolute Gasteiger partial charge is 0.257 e. The van der Waals surface area contributed by atoms with Crippen LogP contribution in [0.5, 0.6) is 0 Å². The Balaban J connectivity index is 2.07. The molecule has 0 aliphatic rings.